The Bertz CT molecular complexity index is 612. The van der Waals surface area contributed by atoms with E-state index in [1.54, 1.807) is 30.5 Å². The Kier molecular flexibility index (Phi) is 3.82. The summed E-state index contributed by atoms with van der Waals surface area (Å²) in [5.74, 6) is -0.953. The summed E-state index contributed by atoms with van der Waals surface area (Å²) >= 11 is 0. The van der Waals surface area contributed by atoms with Crippen LogP contribution in [-0.2, 0) is 6.54 Å². The molecule has 0 aliphatic heterocycles. The van der Waals surface area contributed by atoms with Crippen molar-refractivity contribution in [3.05, 3.63) is 53.7 Å². The first kappa shape index (κ1) is 12.7. The molecule has 0 unspecified atom stereocenters. The zero-order valence-electron chi connectivity index (χ0n) is 9.89. The van der Waals surface area contributed by atoms with E-state index >= 15 is 0 Å². The number of carbonyl (C=O) groups is 1. The Morgan fingerprint density at radius 1 is 1.26 bits per heavy atom. The van der Waals surface area contributed by atoms with Crippen molar-refractivity contribution in [2.75, 3.05) is 0 Å². The molecule has 19 heavy (non-hydrogen) atoms. The minimum atomic E-state index is -1.17. The van der Waals surface area contributed by atoms with Gasteiger partial charge in [-0.25, -0.2) is 9.78 Å². The van der Waals surface area contributed by atoms with Gasteiger partial charge in [-0.3, -0.25) is 0 Å². The van der Waals surface area contributed by atoms with E-state index in [0.29, 0.717) is 11.4 Å². The molecule has 96 valence electrons. The number of carboxylic acids is 1. The van der Waals surface area contributed by atoms with Crippen LogP contribution in [0.1, 0.15) is 15.9 Å². The van der Waals surface area contributed by atoms with Crippen LogP contribution in [0.4, 0.5) is 5.82 Å². The first-order chi connectivity index (χ1) is 9.16. The van der Waals surface area contributed by atoms with Crippen LogP contribution < -0.4 is 0 Å². The molecule has 2 aromatic rings. The van der Waals surface area contributed by atoms with Crippen molar-refractivity contribution < 1.29 is 15.0 Å². The fraction of sp³-hybridized carbons (Fsp3) is 0.0769. The van der Waals surface area contributed by atoms with Crippen LogP contribution in [0.5, 0.6) is 5.75 Å². The topological polar surface area (TPSA) is 95.1 Å². The van der Waals surface area contributed by atoms with E-state index in [4.69, 9.17) is 5.11 Å². The van der Waals surface area contributed by atoms with Crippen LogP contribution in [0.25, 0.3) is 0 Å². The van der Waals surface area contributed by atoms with Gasteiger partial charge in [0.05, 0.1) is 6.54 Å². The normalized spacial score (nSPS) is 10.7. The standard InChI is InChI=1S/C13H11N3O3/c17-11-7-9(4-5-10(11)13(18)19)8-15-16-12-3-1-2-6-14-12/h1-7,17H,8H2,(H,18,19). The number of aromatic carboxylic acids is 1. The summed E-state index contributed by atoms with van der Waals surface area (Å²) in [6, 6.07) is 9.58. The van der Waals surface area contributed by atoms with Gasteiger partial charge >= 0.3 is 5.97 Å². The molecule has 0 saturated heterocycles. The molecule has 2 rings (SSSR count). The molecule has 6 heteroatoms. The van der Waals surface area contributed by atoms with Crippen molar-refractivity contribution in [2.24, 2.45) is 10.2 Å². The molecule has 1 aromatic carbocycles. The largest absolute Gasteiger partial charge is 0.507 e. The van der Waals surface area contributed by atoms with Gasteiger partial charge in [0.25, 0.3) is 0 Å². The van der Waals surface area contributed by atoms with Crippen LogP contribution in [0.15, 0.2) is 52.8 Å². The Labute approximate surface area is 109 Å². The van der Waals surface area contributed by atoms with Crippen LogP contribution >= 0.6 is 0 Å². The number of hydrogen-bond acceptors (Lipinski definition) is 5. The number of phenols is 1. The molecule has 1 heterocycles. The van der Waals surface area contributed by atoms with E-state index in [2.05, 4.69) is 15.2 Å². The van der Waals surface area contributed by atoms with Gasteiger partial charge < -0.3 is 10.2 Å². The number of hydrogen-bond donors (Lipinski definition) is 2. The molecular weight excluding hydrogens is 246 g/mol. The fourth-order valence-electron chi connectivity index (χ4n) is 1.46. The molecule has 0 aliphatic carbocycles. The zero-order valence-corrected chi connectivity index (χ0v) is 9.89. The molecule has 6 nitrogen and oxygen atoms in total. The van der Waals surface area contributed by atoms with E-state index in [1.807, 2.05) is 0 Å². The van der Waals surface area contributed by atoms with Gasteiger partial charge in [-0.15, -0.1) is 5.11 Å². The quantitative estimate of drug-likeness (QED) is 0.823. The second kappa shape index (κ2) is 5.72. The Morgan fingerprint density at radius 3 is 2.74 bits per heavy atom. The van der Waals surface area contributed by atoms with Crippen LogP contribution in [0.3, 0.4) is 0 Å². The Morgan fingerprint density at radius 2 is 2.11 bits per heavy atom. The molecule has 0 atom stereocenters. The highest BCUT2D eigenvalue weighted by Crippen LogP contribution is 2.19. The van der Waals surface area contributed by atoms with Gasteiger partial charge in [0, 0.05) is 6.20 Å². The predicted molar refractivity (Wildman–Crippen MR) is 67.5 cm³/mol. The van der Waals surface area contributed by atoms with Crippen LogP contribution in [0, 0.1) is 0 Å². The summed E-state index contributed by atoms with van der Waals surface area (Å²) in [6.45, 7) is 0.240. The van der Waals surface area contributed by atoms with Gasteiger partial charge in [0.1, 0.15) is 11.3 Å². The number of rotatable bonds is 4. The number of benzene rings is 1. The van der Waals surface area contributed by atoms with E-state index in [1.165, 1.54) is 12.1 Å². The van der Waals surface area contributed by atoms with Crippen molar-refractivity contribution in [2.45, 2.75) is 6.54 Å². The molecule has 0 fully saturated rings. The second-order valence-electron chi connectivity index (χ2n) is 3.74. The van der Waals surface area contributed by atoms with E-state index < -0.39 is 5.97 Å². The maximum Gasteiger partial charge on any atom is 0.339 e. The molecule has 0 aliphatic rings. The lowest BCUT2D eigenvalue weighted by Crippen LogP contribution is -1.97. The molecule has 0 spiro atoms. The number of carboxylic acid groups (broad SMARTS) is 1. The second-order valence-corrected chi connectivity index (χ2v) is 3.74. The minimum absolute atomic E-state index is 0.134. The maximum atomic E-state index is 10.7. The number of aromatic hydroxyl groups is 1. The fourth-order valence-corrected chi connectivity index (χ4v) is 1.46. The third-order valence-corrected chi connectivity index (χ3v) is 2.37. The molecule has 1 aromatic heterocycles. The molecule has 0 bridgehead atoms. The van der Waals surface area contributed by atoms with Crippen molar-refractivity contribution >= 4 is 11.8 Å². The lowest BCUT2D eigenvalue weighted by molar-refractivity contribution is 0.0693. The van der Waals surface area contributed by atoms with Crippen LogP contribution in [-0.4, -0.2) is 21.2 Å². The number of pyridine rings is 1. The van der Waals surface area contributed by atoms with Crippen molar-refractivity contribution in [3.63, 3.8) is 0 Å². The molecule has 0 radical (unpaired) electrons. The Hall–Kier alpha value is -2.76. The average molecular weight is 257 g/mol. The summed E-state index contributed by atoms with van der Waals surface area (Å²) in [6.07, 6.45) is 1.61. The average Bonchev–Trinajstić information content (AvgIpc) is 2.39. The highest BCUT2D eigenvalue weighted by Gasteiger charge is 2.09. The predicted octanol–water partition coefficient (Wildman–Crippen LogP) is 2.77. The number of aromatic nitrogens is 1. The van der Waals surface area contributed by atoms with Crippen LogP contribution in [0.2, 0.25) is 0 Å². The van der Waals surface area contributed by atoms with E-state index in [9.17, 15) is 9.90 Å². The van der Waals surface area contributed by atoms with Gasteiger partial charge in [-0.1, -0.05) is 12.1 Å². The zero-order chi connectivity index (χ0) is 13.7. The van der Waals surface area contributed by atoms with Gasteiger partial charge in [0.2, 0.25) is 0 Å². The first-order valence-corrected chi connectivity index (χ1v) is 5.50. The van der Waals surface area contributed by atoms with E-state index in [-0.39, 0.29) is 17.9 Å². The number of nitrogens with zero attached hydrogens (tertiary/aromatic N) is 3. The van der Waals surface area contributed by atoms with Crippen molar-refractivity contribution in [1.82, 2.24) is 4.98 Å². The summed E-state index contributed by atoms with van der Waals surface area (Å²) < 4.78 is 0. The first-order valence-electron chi connectivity index (χ1n) is 5.50. The smallest absolute Gasteiger partial charge is 0.339 e. The molecular formula is C13H11N3O3. The lowest BCUT2D eigenvalue weighted by atomic mass is 10.1. The summed E-state index contributed by atoms with van der Waals surface area (Å²) in [7, 11) is 0. The van der Waals surface area contributed by atoms with Crippen molar-refractivity contribution in [1.29, 1.82) is 0 Å². The summed E-state index contributed by atoms with van der Waals surface area (Å²) in [5.41, 5.74) is 0.535. The van der Waals surface area contributed by atoms with Gasteiger partial charge in [-0.05, 0) is 29.8 Å². The highest BCUT2D eigenvalue weighted by atomic mass is 16.4. The molecule has 0 amide bonds. The third-order valence-electron chi connectivity index (χ3n) is 2.37. The van der Waals surface area contributed by atoms with E-state index in [0.717, 1.165) is 0 Å². The Balaban J connectivity index is 2.06. The minimum Gasteiger partial charge on any atom is -0.507 e. The molecule has 2 N–H and O–H groups in total. The monoisotopic (exact) mass is 257 g/mol. The van der Waals surface area contributed by atoms with Gasteiger partial charge in [0.15, 0.2) is 5.82 Å². The highest BCUT2D eigenvalue weighted by molar-refractivity contribution is 5.90. The SMILES string of the molecule is O=C(O)c1ccc(CN=Nc2ccccn2)cc1O. The molecule has 0 saturated carbocycles. The van der Waals surface area contributed by atoms with Gasteiger partial charge in [-0.2, -0.15) is 5.11 Å². The maximum absolute atomic E-state index is 10.7. The van der Waals surface area contributed by atoms with Crippen molar-refractivity contribution in [3.8, 4) is 5.75 Å². The lowest BCUT2D eigenvalue weighted by Gasteiger charge is -2.01. The number of azo groups is 1. The summed E-state index contributed by atoms with van der Waals surface area (Å²) in [5, 5.41) is 26.1. The summed E-state index contributed by atoms with van der Waals surface area (Å²) in [4.78, 5) is 14.7. The third kappa shape index (κ3) is 3.35.